The highest BCUT2D eigenvalue weighted by molar-refractivity contribution is 7.89. The van der Waals surface area contributed by atoms with E-state index < -0.39 is 22.0 Å². The Morgan fingerprint density at radius 2 is 2.00 bits per heavy atom. The van der Waals surface area contributed by atoms with Crippen LogP contribution in [0.5, 0.6) is 0 Å². The molecule has 8 heteroatoms. The number of hydrogen-bond donors (Lipinski definition) is 4. The van der Waals surface area contributed by atoms with Crippen molar-refractivity contribution in [2.45, 2.75) is 31.7 Å². The number of nitrogens with one attached hydrogen (secondary N) is 2. The summed E-state index contributed by atoms with van der Waals surface area (Å²) in [4.78, 5) is 13.4. The third-order valence-corrected chi connectivity index (χ3v) is 4.34. The van der Waals surface area contributed by atoms with E-state index in [0.717, 1.165) is 0 Å². The average molecular weight is 276 g/mol. The second-order valence-electron chi connectivity index (χ2n) is 4.09. The Morgan fingerprint density at radius 1 is 1.44 bits per heavy atom. The minimum Gasteiger partial charge on any atom is -0.477 e. The molecule has 0 aliphatic rings. The number of hydrogen-bond acceptors (Lipinski definition) is 4. The Bertz CT molecular complexity index is 561. The summed E-state index contributed by atoms with van der Waals surface area (Å²) >= 11 is 0. The van der Waals surface area contributed by atoms with Crippen molar-refractivity contribution in [2.75, 3.05) is 6.61 Å². The largest absolute Gasteiger partial charge is 0.477 e. The van der Waals surface area contributed by atoms with E-state index in [0.29, 0.717) is 0 Å². The Labute approximate surface area is 105 Å². The Morgan fingerprint density at radius 3 is 2.39 bits per heavy atom. The fourth-order valence-corrected chi connectivity index (χ4v) is 3.39. The average Bonchev–Trinajstić information content (AvgIpc) is 2.53. The van der Waals surface area contributed by atoms with E-state index in [4.69, 9.17) is 10.2 Å². The van der Waals surface area contributed by atoms with Gasteiger partial charge < -0.3 is 15.2 Å². The number of carboxylic acids is 1. The van der Waals surface area contributed by atoms with Crippen LogP contribution in [0.3, 0.4) is 0 Å². The van der Waals surface area contributed by atoms with Crippen LogP contribution in [0.15, 0.2) is 4.90 Å². The summed E-state index contributed by atoms with van der Waals surface area (Å²) in [6, 6.07) is -0.642. The molecule has 4 N–H and O–H groups in total. The number of carbonyl (C=O) groups is 1. The molecule has 0 radical (unpaired) electrons. The summed E-state index contributed by atoms with van der Waals surface area (Å²) in [7, 11) is -3.85. The molecule has 0 saturated heterocycles. The lowest BCUT2D eigenvalue weighted by molar-refractivity contribution is 0.0690. The monoisotopic (exact) mass is 276 g/mol. The van der Waals surface area contributed by atoms with Gasteiger partial charge in [-0.3, -0.25) is 0 Å². The van der Waals surface area contributed by atoms with Crippen molar-refractivity contribution in [3.8, 4) is 0 Å². The molecule has 1 unspecified atom stereocenters. The molecule has 0 amide bonds. The van der Waals surface area contributed by atoms with Gasteiger partial charge in [-0.25, -0.2) is 17.9 Å². The van der Waals surface area contributed by atoms with Gasteiger partial charge in [0.15, 0.2) is 0 Å². The maximum Gasteiger partial charge on any atom is 0.352 e. The number of aromatic carboxylic acids is 1. The van der Waals surface area contributed by atoms with E-state index in [-0.39, 0.29) is 28.5 Å². The SMILES string of the molecule is Cc1[nH]c(C(=O)O)c(C)c1S(=O)(=O)NC(C)CO. The van der Waals surface area contributed by atoms with Crippen LogP contribution in [0.4, 0.5) is 0 Å². The number of aryl methyl sites for hydroxylation is 1. The van der Waals surface area contributed by atoms with Gasteiger partial charge in [-0.05, 0) is 20.8 Å². The highest BCUT2D eigenvalue weighted by Crippen LogP contribution is 2.23. The Balaban J connectivity index is 3.29. The Kier molecular flexibility index (Phi) is 4.15. The summed E-state index contributed by atoms with van der Waals surface area (Å²) in [6.07, 6.45) is 0. The first kappa shape index (κ1) is 14.7. The quantitative estimate of drug-likeness (QED) is 0.603. The van der Waals surface area contributed by atoms with E-state index in [1.165, 1.54) is 20.8 Å². The van der Waals surface area contributed by atoms with Gasteiger partial charge in [0.25, 0.3) is 0 Å². The molecule has 1 atom stereocenters. The lowest BCUT2D eigenvalue weighted by Gasteiger charge is -2.12. The molecule has 18 heavy (non-hydrogen) atoms. The molecule has 102 valence electrons. The smallest absolute Gasteiger partial charge is 0.352 e. The van der Waals surface area contributed by atoms with Gasteiger partial charge in [-0.15, -0.1) is 0 Å². The molecule has 0 bridgehead atoms. The fourth-order valence-electron chi connectivity index (χ4n) is 1.71. The zero-order valence-corrected chi connectivity index (χ0v) is 11.1. The first-order valence-corrected chi connectivity index (χ1v) is 6.74. The van der Waals surface area contributed by atoms with Crippen molar-refractivity contribution in [3.05, 3.63) is 17.0 Å². The fraction of sp³-hybridized carbons (Fsp3) is 0.500. The third-order valence-electron chi connectivity index (χ3n) is 2.48. The maximum absolute atomic E-state index is 12.0. The van der Waals surface area contributed by atoms with Crippen LogP contribution in [-0.4, -0.2) is 42.2 Å². The molecule has 1 rings (SSSR count). The molecule has 0 saturated carbocycles. The second-order valence-corrected chi connectivity index (χ2v) is 5.74. The van der Waals surface area contributed by atoms with Crippen molar-refractivity contribution in [1.29, 1.82) is 0 Å². The van der Waals surface area contributed by atoms with Crippen molar-refractivity contribution < 1.29 is 23.4 Å². The second kappa shape index (κ2) is 5.09. The Hall–Kier alpha value is -1.38. The third kappa shape index (κ3) is 2.71. The summed E-state index contributed by atoms with van der Waals surface area (Å²) in [5, 5.41) is 17.8. The van der Waals surface area contributed by atoms with Crippen LogP contribution in [0.2, 0.25) is 0 Å². The van der Waals surface area contributed by atoms with E-state index in [1.807, 2.05) is 0 Å². The van der Waals surface area contributed by atoms with Gasteiger partial charge in [-0.1, -0.05) is 0 Å². The van der Waals surface area contributed by atoms with E-state index in [1.54, 1.807) is 0 Å². The van der Waals surface area contributed by atoms with Gasteiger partial charge in [0.05, 0.1) is 6.61 Å². The lowest BCUT2D eigenvalue weighted by Crippen LogP contribution is -2.35. The van der Waals surface area contributed by atoms with Crippen molar-refractivity contribution in [2.24, 2.45) is 0 Å². The summed E-state index contributed by atoms with van der Waals surface area (Å²) in [5.74, 6) is -1.22. The first-order chi connectivity index (χ1) is 8.20. The number of aromatic amines is 1. The highest BCUT2D eigenvalue weighted by Gasteiger charge is 2.27. The van der Waals surface area contributed by atoms with Crippen LogP contribution in [-0.2, 0) is 10.0 Å². The van der Waals surface area contributed by atoms with Crippen LogP contribution in [0.25, 0.3) is 0 Å². The van der Waals surface area contributed by atoms with E-state index in [9.17, 15) is 13.2 Å². The normalized spacial score (nSPS) is 13.6. The van der Waals surface area contributed by atoms with Crippen molar-refractivity contribution >= 4 is 16.0 Å². The molecule has 0 spiro atoms. The number of sulfonamides is 1. The zero-order valence-electron chi connectivity index (χ0n) is 10.3. The predicted molar refractivity (Wildman–Crippen MR) is 64.1 cm³/mol. The maximum atomic E-state index is 12.0. The molecule has 7 nitrogen and oxygen atoms in total. The molecular weight excluding hydrogens is 260 g/mol. The minimum absolute atomic E-state index is 0.0831. The molecule has 1 aromatic rings. The molecule has 1 heterocycles. The van der Waals surface area contributed by atoms with Crippen molar-refractivity contribution in [3.63, 3.8) is 0 Å². The van der Waals surface area contributed by atoms with Crippen LogP contribution < -0.4 is 4.72 Å². The van der Waals surface area contributed by atoms with E-state index >= 15 is 0 Å². The van der Waals surface area contributed by atoms with Crippen LogP contribution in [0.1, 0.15) is 28.7 Å². The number of carboxylic acid groups (broad SMARTS) is 1. The molecule has 1 aromatic heterocycles. The first-order valence-electron chi connectivity index (χ1n) is 5.26. The highest BCUT2D eigenvalue weighted by atomic mass is 32.2. The van der Waals surface area contributed by atoms with Crippen molar-refractivity contribution in [1.82, 2.24) is 9.71 Å². The van der Waals surface area contributed by atoms with Gasteiger partial charge in [0.2, 0.25) is 10.0 Å². The minimum atomic E-state index is -3.85. The van der Waals surface area contributed by atoms with Gasteiger partial charge in [0, 0.05) is 17.3 Å². The summed E-state index contributed by atoms with van der Waals surface area (Å²) in [6.45, 7) is 4.07. The zero-order chi connectivity index (χ0) is 14.1. The molecule has 0 aliphatic heterocycles. The lowest BCUT2D eigenvalue weighted by atomic mass is 10.2. The molecule has 0 aromatic carbocycles. The van der Waals surface area contributed by atoms with Gasteiger partial charge in [-0.2, -0.15) is 0 Å². The topological polar surface area (TPSA) is 119 Å². The number of rotatable bonds is 5. The number of aliphatic hydroxyl groups is 1. The van der Waals surface area contributed by atoms with E-state index in [2.05, 4.69) is 9.71 Å². The number of H-pyrrole nitrogens is 1. The summed E-state index contributed by atoms with van der Waals surface area (Å²) < 4.78 is 26.4. The summed E-state index contributed by atoms with van der Waals surface area (Å²) in [5.41, 5.74) is 0.254. The predicted octanol–water partition coefficient (Wildman–Crippen LogP) is -0.0112. The molecule has 0 aliphatic carbocycles. The molecular formula is C10H16N2O5S. The van der Waals surface area contributed by atoms with Crippen LogP contribution in [0, 0.1) is 13.8 Å². The number of aromatic nitrogens is 1. The van der Waals surface area contributed by atoms with Gasteiger partial charge in [0.1, 0.15) is 10.6 Å². The van der Waals surface area contributed by atoms with Crippen LogP contribution >= 0.6 is 0 Å². The number of aliphatic hydroxyl groups excluding tert-OH is 1. The van der Waals surface area contributed by atoms with Gasteiger partial charge >= 0.3 is 5.97 Å². The standard InChI is InChI=1S/C10H16N2O5S/c1-5(4-13)12-18(16,17)9-6(2)8(10(14)15)11-7(9)3/h5,11-13H,4H2,1-3H3,(H,14,15). The molecule has 0 fully saturated rings.